The number of benzene rings is 2. The Labute approximate surface area is 181 Å². The number of carbonyl (C=O) groups excluding carboxylic acids is 1. The standard InChI is InChI=1S/C23H25N5O3/c1-17-2-5-19(6-3-17)28-9-8-24-23(28)27-12-10-26(11-13-27)15-22(29)25-18-4-7-20-21(14-18)31-16-30-20/h2-9,14H,10-13,15-16H2,1H3,(H,25,29). The maximum Gasteiger partial charge on any atom is 0.238 e. The van der Waals surface area contributed by atoms with Gasteiger partial charge >= 0.3 is 0 Å². The van der Waals surface area contributed by atoms with Gasteiger partial charge < -0.3 is 19.7 Å². The van der Waals surface area contributed by atoms with E-state index in [2.05, 4.69) is 55.9 Å². The average Bonchev–Trinajstić information content (AvgIpc) is 3.44. The van der Waals surface area contributed by atoms with Crippen LogP contribution in [0.4, 0.5) is 11.6 Å². The second kappa shape index (κ2) is 8.31. The fourth-order valence-electron chi connectivity index (χ4n) is 3.92. The molecule has 0 saturated carbocycles. The fraction of sp³-hybridized carbons (Fsp3) is 0.304. The van der Waals surface area contributed by atoms with E-state index in [0.29, 0.717) is 23.7 Å². The monoisotopic (exact) mass is 419 g/mol. The highest BCUT2D eigenvalue weighted by molar-refractivity contribution is 5.92. The summed E-state index contributed by atoms with van der Waals surface area (Å²) in [5.41, 5.74) is 3.05. The van der Waals surface area contributed by atoms with Crippen molar-refractivity contribution in [2.24, 2.45) is 0 Å². The number of hydrogen-bond acceptors (Lipinski definition) is 6. The van der Waals surface area contributed by atoms with E-state index in [9.17, 15) is 4.79 Å². The molecule has 1 aromatic heterocycles. The molecule has 0 aliphatic carbocycles. The molecule has 0 radical (unpaired) electrons. The van der Waals surface area contributed by atoms with Crippen molar-refractivity contribution < 1.29 is 14.3 Å². The first-order valence-corrected chi connectivity index (χ1v) is 10.4. The first kappa shape index (κ1) is 19.4. The Hall–Kier alpha value is -3.52. The summed E-state index contributed by atoms with van der Waals surface area (Å²) in [4.78, 5) is 21.5. The molecule has 3 heterocycles. The SMILES string of the molecule is Cc1ccc(-n2ccnc2N2CCN(CC(=O)Nc3ccc4c(c3)OCO4)CC2)cc1. The summed E-state index contributed by atoms with van der Waals surface area (Å²) in [6, 6.07) is 13.9. The molecule has 1 N–H and O–H groups in total. The molecule has 1 fully saturated rings. The molecular weight excluding hydrogens is 394 g/mol. The predicted molar refractivity (Wildman–Crippen MR) is 118 cm³/mol. The minimum atomic E-state index is -0.0338. The number of rotatable bonds is 5. The lowest BCUT2D eigenvalue weighted by Crippen LogP contribution is -2.49. The van der Waals surface area contributed by atoms with Gasteiger partial charge in [0.15, 0.2) is 11.5 Å². The van der Waals surface area contributed by atoms with Crippen LogP contribution in [-0.4, -0.2) is 59.9 Å². The van der Waals surface area contributed by atoms with Crippen molar-refractivity contribution in [2.75, 3.05) is 49.7 Å². The summed E-state index contributed by atoms with van der Waals surface area (Å²) in [5, 5.41) is 2.95. The molecule has 2 aromatic carbocycles. The molecular formula is C23H25N5O3. The van der Waals surface area contributed by atoms with Crippen LogP contribution in [0.1, 0.15) is 5.56 Å². The van der Waals surface area contributed by atoms with Gasteiger partial charge in [0.05, 0.1) is 6.54 Å². The van der Waals surface area contributed by atoms with Crippen molar-refractivity contribution in [2.45, 2.75) is 6.92 Å². The molecule has 0 atom stereocenters. The number of nitrogens with one attached hydrogen (secondary N) is 1. The van der Waals surface area contributed by atoms with Gasteiger partial charge in [-0.2, -0.15) is 0 Å². The van der Waals surface area contributed by atoms with Crippen LogP contribution >= 0.6 is 0 Å². The topological polar surface area (TPSA) is 71.9 Å². The lowest BCUT2D eigenvalue weighted by atomic mass is 10.2. The van der Waals surface area contributed by atoms with E-state index >= 15 is 0 Å². The Balaban J connectivity index is 1.16. The molecule has 0 spiro atoms. The third-order valence-electron chi connectivity index (χ3n) is 5.61. The quantitative estimate of drug-likeness (QED) is 0.686. The zero-order chi connectivity index (χ0) is 21.2. The molecule has 0 unspecified atom stereocenters. The molecule has 1 amide bonds. The Kier molecular flexibility index (Phi) is 5.21. The molecule has 0 bridgehead atoms. The average molecular weight is 419 g/mol. The summed E-state index contributed by atoms with van der Waals surface area (Å²) in [5.74, 6) is 2.27. The largest absolute Gasteiger partial charge is 0.454 e. The number of hydrogen-bond donors (Lipinski definition) is 1. The molecule has 1 saturated heterocycles. The predicted octanol–water partition coefficient (Wildman–Crippen LogP) is 2.67. The Morgan fingerprint density at radius 1 is 1.03 bits per heavy atom. The van der Waals surface area contributed by atoms with Crippen molar-refractivity contribution in [3.8, 4) is 17.2 Å². The maximum absolute atomic E-state index is 12.5. The third kappa shape index (κ3) is 4.20. The van der Waals surface area contributed by atoms with Gasteiger partial charge in [0, 0.05) is 56.0 Å². The molecule has 31 heavy (non-hydrogen) atoms. The number of anilines is 2. The van der Waals surface area contributed by atoms with Gasteiger partial charge in [0.1, 0.15) is 0 Å². The molecule has 8 nitrogen and oxygen atoms in total. The first-order chi connectivity index (χ1) is 15.2. The first-order valence-electron chi connectivity index (χ1n) is 10.4. The third-order valence-corrected chi connectivity index (χ3v) is 5.61. The summed E-state index contributed by atoms with van der Waals surface area (Å²) in [7, 11) is 0. The summed E-state index contributed by atoms with van der Waals surface area (Å²) in [6.45, 7) is 5.90. The highest BCUT2D eigenvalue weighted by Crippen LogP contribution is 2.34. The number of carbonyl (C=O) groups is 1. The van der Waals surface area contributed by atoms with E-state index < -0.39 is 0 Å². The van der Waals surface area contributed by atoms with Gasteiger partial charge in [-0.3, -0.25) is 14.3 Å². The van der Waals surface area contributed by atoms with Crippen molar-refractivity contribution >= 4 is 17.5 Å². The van der Waals surface area contributed by atoms with Gasteiger partial charge in [-0.1, -0.05) is 17.7 Å². The van der Waals surface area contributed by atoms with Crippen molar-refractivity contribution in [1.82, 2.24) is 14.5 Å². The Bertz CT molecular complexity index is 1070. The van der Waals surface area contributed by atoms with Gasteiger partial charge in [-0.25, -0.2) is 4.98 Å². The molecule has 2 aliphatic heterocycles. The van der Waals surface area contributed by atoms with E-state index in [4.69, 9.17) is 9.47 Å². The molecule has 160 valence electrons. The maximum atomic E-state index is 12.5. The van der Waals surface area contributed by atoms with E-state index in [1.807, 2.05) is 24.5 Å². The second-order valence-corrected chi connectivity index (χ2v) is 7.81. The van der Waals surface area contributed by atoms with Crippen LogP contribution in [0.25, 0.3) is 5.69 Å². The number of aromatic nitrogens is 2. The molecule has 5 rings (SSSR count). The van der Waals surface area contributed by atoms with E-state index in [1.165, 1.54) is 5.56 Å². The van der Waals surface area contributed by atoms with Crippen LogP contribution in [0.15, 0.2) is 54.9 Å². The minimum Gasteiger partial charge on any atom is -0.454 e. The van der Waals surface area contributed by atoms with Crippen LogP contribution in [0.3, 0.4) is 0 Å². The van der Waals surface area contributed by atoms with E-state index in [0.717, 1.165) is 37.8 Å². The molecule has 8 heteroatoms. The van der Waals surface area contributed by atoms with Crippen LogP contribution in [0.5, 0.6) is 11.5 Å². The lowest BCUT2D eigenvalue weighted by Gasteiger charge is -2.35. The highest BCUT2D eigenvalue weighted by atomic mass is 16.7. The normalized spacial score (nSPS) is 15.8. The summed E-state index contributed by atoms with van der Waals surface area (Å²) < 4.78 is 12.8. The summed E-state index contributed by atoms with van der Waals surface area (Å²) >= 11 is 0. The smallest absolute Gasteiger partial charge is 0.238 e. The van der Waals surface area contributed by atoms with Crippen LogP contribution in [0.2, 0.25) is 0 Å². The Morgan fingerprint density at radius 2 is 1.81 bits per heavy atom. The number of imidazole rings is 1. The van der Waals surface area contributed by atoms with Gasteiger partial charge in [0.2, 0.25) is 18.6 Å². The minimum absolute atomic E-state index is 0.0338. The van der Waals surface area contributed by atoms with E-state index in [1.54, 1.807) is 6.07 Å². The van der Waals surface area contributed by atoms with Crippen molar-refractivity contribution in [3.05, 3.63) is 60.4 Å². The van der Waals surface area contributed by atoms with Crippen molar-refractivity contribution in [3.63, 3.8) is 0 Å². The number of fused-ring (bicyclic) bond motifs is 1. The second-order valence-electron chi connectivity index (χ2n) is 7.81. The highest BCUT2D eigenvalue weighted by Gasteiger charge is 2.22. The summed E-state index contributed by atoms with van der Waals surface area (Å²) in [6.07, 6.45) is 3.82. The lowest BCUT2D eigenvalue weighted by molar-refractivity contribution is -0.117. The van der Waals surface area contributed by atoms with Gasteiger partial charge in [-0.15, -0.1) is 0 Å². The van der Waals surface area contributed by atoms with E-state index in [-0.39, 0.29) is 12.7 Å². The van der Waals surface area contributed by atoms with Crippen LogP contribution < -0.4 is 19.7 Å². The zero-order valence-corrected chi connectivity index (χ0v) is 17.5. The number of nitrogens with zero attached hydrogens (tertiary/aromatic N) is 4. The Morgan fingerprint density at radius 3 is 2.61 bits per heavy atom. The van der Waals surface area contributed by atoms with Gasteiger partial charge in [-0.05, 0) is 31.2 Å². The molecule has 2 aliphatic rings. The fourth-order valence-corrected chi connectivity index (χ4v) is 3.92. The zero-order valence-electron chi connectivity index (χ0n) is 17.5. The van der Waals surface area contributed by atoms with Crippen LogP contribution in [0, 0.1) is 6.92 Å². The molecule has 3 aromatic rings. The van der Waals surface area contributed by atoms with Crippen LogP contribution in [-0.2, 0) is 4.79 Å². The number of aryl methyl sites for hydroxylation is 1. The number of piperazine rings is 1. The number of amides is 1. The van der Waals surface area contributed by atoms with Gasteiger partial charge in [0.25, 0.3) is 0 Å². The number of ether oxygens (including phenoxy) is 2. The van der Waals surface area contributed by atoms with Crippen molar-refractivity contribution in [1.29, 1.82) is 0 Å².